The van der Waals surface area contributed by atoms with Crippen molar-refractivity contribution in [3.8, 4) is 5.75 Å². The number of hydrogen-bond donors (Lipinski definition) is 0. The molecule has 0 radical (unpaired) electrons. The molecular weight excluding hydrogens is 310 g/mol. The highest BCUT2D eigenvalue weighted by molar-refractivity contribution is 8.01. The summed E-state index contributed by atoms with van der Waals surface area (Å²) in [6.07, 6.45) is 0.549. The summed E-state index contributed by atoms with van der Waals surface area (Å²) in [6.45, 7) is 7.91. The number of rotatable bonds is 6. The molecule has 1 saturated heterocycles. The first-order chi connectivity index (χ1) is 11.2. The third kappa shape index (κ3) is 3.23. The number of fused-ring (bicyclic) bond motifs is 2. The molecule has 6 heteroatoms. The number of aliphatic imine (C=N–C) groups is 1. The van der Waals surface area contributed by atoms with Crippen LogP contribution in [0, 0.1) is 0 Å². The summed E-state index contributed by atoms with van der Waals surface area (Å²) in [5, 5.41) is 0.153. The number of nitrogens with zero attached hydrogens (tertiary/aromatic N) is 3. The van der Waals surface area contributed by atoms with Gasteiger partial charge in [-0.15, -0.1) is 11.8 Å². The van der Waals surface area contributed by atoms with Crippen LogP contribution in [0.2, 0.25) is 0 Å². The first-order valence-electron chi connectivity index (χ1n) is 8.12. The molecule has 2 aliphatic heterocycles. The van der Waals surface area contributed by atoms with Crippen LogP contribution < -0.4 is 4.74 Å². The SMILES string of the molecule is CCN(CC)CCN1C(=O)C[C@H]2Sc3ccc(OC)cc3N=C21. The smallest absolute Gasteiger partial charge is 0.229 e. The van der Waals surface area contributed by atoms with Crippen LogP contribution in [-0.4, -0.2) is 60.1 Å². The standard InChI is InChI=1S/C17H23N3O2S/c1-4-19(5-2)8-9-20-16(21)11-15-17(20)18-13-10-12(22-3)6-7-14(13)23-15/h6-7,10,15H,4-5,8-9,11H2,1-3H3/t15-/m1/s1. The van der Waals surface area contributed by atoms with E-state index in [1.54, 1.807) is 18.9 Å². The molecule has 124 valence electrons. The van der Waals surface area contributed by atoms with E-state index in [9.17, 15) is 4.79 Å². The van der Waals surface area contributed by atoms with Gasteiger partial charge in [-0.3, -0.25) is 9.69 Å². The van der Waals surface area contributed by atoms with Gasteiger partial charge in [-0.2, -0.15) is 0 Å². The van der Waals surface area contributed by atoms with E-state index in [0.29, 0.717) is 6.42 Å². The zero-order valence-electron chi connectivity index (χ0n) is 13.9. The molecule has 2 heterocycles. The lowest BCUT2D eigenvalue weighted by Gasteiger charge is -2.26. The summed E-state index contributed by atoms with van der Waals surface area (Å²) >= 11 is 1.74. The molecule has 1 atom stereocenters. The molecule has 0 spiro atoms. The highest BCUT2D eigenvalue weighted by atomic mass is 32.2. The molecular formula is C17H23N3O2S. The minimum absolute atomic E-state index is 0.153. The molecule has 23 heavy (non-hydrogen) atoms. The average molecular weight is 333 g/mol. The lowest BCUT2D eigenvalue weighted by molar-refractivity contribution is -0.125. The van der Waals surface area contributed by atoms with E-state index in [1.807, 2.05) is 23.1 Å². The summed E-state index contributed by atoms with van der Waals surface area (Å²) in [4.78, 5) is 22.5. The highest BCUT2D eigenvalue weighted by Gasteiger charge is 2.39. The predicted molar refractivity (Wildman–Crippen MR) is 93.9 cm³/mol. The third-order valence-electron chi connectivity index (χ3n) is 4.43. The third-order valence-corrected chi connectivity index (χ3v) is 5.69. The van der Waals surface area contributed by atoms with Gasteiger partial charge >= 0.3 is 0 Å². The van der Waals surface area contributed by atoms with Gasteiger partial charge in [0.05, 0.1) is 18.0 Å². The fourth-order valence-corrected chi connectivity index (χ4v) is 4.19. The molecule has 3 rings (SSSR count). The van der Waals surface area contributed by atoms with Crippen LogP contribution in [0.4, 0.5) is 5.69 Å². The van der Waals surface area contributed by atoms with E-state index in [2.05, 4.69) is 18.7 Å². The topological polar surface area (TPSA) is 45.1 Å². The van der Waals surface area contributed by atoms with Gasteiger partial charge in [0.15, 0.2) is 0 Å². The van der Waals surface area contributed by atoms with E-state index >= 15 is 0 Å². The molecule has 2 aliphatic rings. The fraction of sp³-hybridized carbons (Fsp3) is 0.529. The number of benzene rings is 1. The monoisotopic (exact) mass is 333 g/mol. The highest BCUT2D eigenvalue weighted by Crippen LogP contribution is 2.43. The first kappa shape index (κ1) is 16.3. The normalized spacial score (nSPS) is 19.7. The number of likely N-dealkylation sites (tertiary alicyclic amines) is 1. The molecule has 1 amide bonds. The zero-order chi connectivity index (χ0) is 16.4. The van der Waals surface area contributed by atoms with Gasteiger partial charge in [0, 0.05) is 30.5 Å². The van der Waals surface area contributed by atoms with Crippen molar-refractivity contribution in [2.75, 3.05) is 33.3 Å². The van der Waals surface area contributed by atoms with Gasteiger partial charge in [0.1, 0.15) is 11.6 Å². The van der Waals surface area contributed by atoms with Crippen molar-refractivity contribution in [1.82, 2.24) is 9.80 Å². The number of thioether (sulfide) groups is 1. The van der Waals surface area contributed by atoms with Crippen LogP contribution >= 0.6 is 11.8 Å². The van der Waals surface area contributed by atoms with Gasteiger partial charge in [-0.1, -0.05) is 13.8 Å². The Morgan fingerprint density at radius 3 is 2.87 bits per heavy atom. The number of amidine groups is 1. The Hall–Kier alpha value is -1.53. The molecule has 5 nitrogen and oxygen atoms in total. The summed E-state index contributed by atoms with van der Waals surface area (Å²) < 4.78 is 5.28. The molecule has 1 aromatic rings. The molecule has 0 aromatic heterocycles. The molecule has 0 saturated carbocycles. The van der Waals surface area contributed by atoms with Gasteiger partial charge in [-0.25, -0.2) is 4.99 Å². The molecule has 0 bridgehead atoms. The maximum absolute atomic E-state index is 12.4. The summed E-state index contributed by atoms with van der Waals surface area (Å²) in [6, 6.07) is 5.92. The summed E-state index contributed by atoms with van der Waals surface area (Å²) in [5.74, 6) is 1.90. The number of carbonyl (C=O) groups excluding carboxylic acids is 1. The van der Waals surface area contributed by atoms with Crippen molar-refractivity contribution in [2.45, 2.75) is 30.4 Å². The van der Waals surface area contributed by atoms with Crippen LogP contribution in [0.1, 0.15) is 20.3 Å². The Bertz CT molecular complexity index is 628. The van der Waals surface area contributed by atoms with Crippen LogP contribution in [0.25, 0.3) is 0 Å². The molecule has 0 unspecified atom stereocenters. The maximum atomic E-state index is 12.4. The van der Waals surface area contributed by atoms with Crippen molar-refractivity contribution in [3.63, 3.8) is 0 Å². The molecule has 0 N–H and O–H groups in total. The largest absolute Gasteiger partial charge is 0.497 e. The number of hydrogen-bond acceptors (Lipinski definition) is 5. The Balaban J connectivity index is 1.82. The van der Waals surface area contributed by atoms with Crippen LogP contribution in [-0.2, 0) is 4.79 Å². The Morgan fingerprint density at radius 2 is 2.17 bits per heavy atom. The van der Waals surface area contributed by atoms with Gasteiger partial charge in [-0.05, 0) is 25.2 Å². The first-order valence-corrected chi connectivity index (χ1v) is 9.00. The molecule has 0 aliphatic carbocycles. The van der Waals surface area contributed by atoms with Gasteiger partial charge < -0.3 is 9.64 Å². The van der Waals surface area contributed by atoms with Crippen LogP contribution in [0.3, 0.4) is 0 Å². The Kier molecular flexibility index (Phi) is 4.92. The summed E-state index contributed by atoms with van der Waals surface area (Å²) in [5.41, 5.74) is 0.906. The second kappa shape index (κ2) is 6.93. The maximum Gasteiger partial charge on any atom is 0.229 e. The van der Waals surface area contributed by atoms with Crippen molar-refractivity contribution in [2.24, 2.45) is 4.99 Å². The number of carbonyl (C=O) groups is 1. The van der Waals surface area contributed by atoms with E-state index in [1.165, 1.54) is 0 Å². The minimum Gasteiger partial charge on any atom is -0.497 e. The lowest BCUT2D eigenvalue weighted by Crippen LogP contribution is -2.39. The van der Waals surface area contributed by atoms with Crippen LogP contribution in [0.15, 0.2) is 28.1 Å². The number of methoxy groups -OCH3 is 1. The summed E-state index contributed by atoms with van der Waals surface area (Å²) in [7, 11) is 1.66. The van der Waals surface area contributed by atoms with Crippen molar-refractivity contribution < 1.29 is 9.53 Å². The van der Waals surface area contributed by atoms with Gasteiger partial charge in [0.25, 0.3) is 0 Å². The minimum atomic E-state index is 0.153. The van der Waals surface area contributed by atoms with E-state index in [0.717, 1.165) is 48.3 Å². The second-order valence-corrected chi connectivity index (χ2v) is 6.93. The Labute approximate surface area is 141 Å². The van der Waals surface area contributed by atoms with Gasteiger partial charge in [0.2, 0.25) is 5.91 Å². The number of likely N-dealkylation sites (N-methyl/N-ethyl adjacent to an activating group) is 1. The second-order valence-electron chi connectivity index (χ2n) is 5.69. The molecule has 1 aromatic carbocycles. The Morgan fingerprint density at radius 1 is 1.39 bits per heavy atom. The lowest BCUT2D eigenvalue weighted by atomic mass is 10.3. The van der Waals surface area contributed by atoms with Crippen molar-refractivity contribution in [1.29, 1.82) is 0 Å². The fourth-order valence-electron chi connectivity index (χ4n) is 3.00. The van der Waals surface area contributed by atoms with Crippen molar-refractivity contribution >= 4 is 29.2 Å². The van der Waals surface area contributed by atoms with Crippen LogP contribution in [0.5, 0.6) is 5.75 Å². The van der Waals surface area contributed by atoms with E-state index in [-0.39, 0.29) is 11.2 Å². The quantitative estimate of drug-likeness (QED) is 0.803. The van der Waals surface area contributed by atoms with Crippen molar-refractivity contribution in [3.05, 3.63) is 18.2 Å². The van der Waals surface area contributed by atoms with E-state index in [4.69, 9.17) is 9.73 Å². The predicted octanol–water partition coefficient (Wildman–Crippen LogP) is 2.77. The average Bonchev–Trinajstić information content (AvgIpc) is 2.87. The molecule has 1 fully saturated rings. The zero-order valence-corrected chi connectivity index (χ0v) is 14.7. The number of ether oxygens (including phenoxy) is 1. The number of amides is 1. The van der Waals surface area contributed by atoms with E-state index < -0.39 is 0 Å².